The molecule has 0 saturated heterocycles. The third kappa shape index (κ3) is 5.61. The number of benzene rings is 2. The molecular formula is C18H19Cl3N3O2+. The molecule has 0 fully saturated rings. The Morgan fingerprint density at radius 3 is 2.00 bits per heavy atom. The highest BCUT2D eigenvalue weighted by Crippen LogP contribution is 2.29. The molecule has 0 aromatic heterocycles. The van der Waals surface area contributed by atoms with Gasteiger partial charge in [-0.15, -0.1) is 0 Å². The first-order chi connectivity index (χ1) is 12.3. The van der Waals surface area contributed by atoms with E-state index in [1.807, 2.05) is 6.92 Å². The molecule has 0 aliphatic carbocycles. The van der Waals surface area contributed by atoms with Gasteiger partial charge in [0.15, 0.2) is 13.1 Å². The molecule has 2 aromatic rings. The molecule has 26 heavy (non-hydrogen) atoms. The number of nitrogens with one attached hydrogen (secondary N) is 3. The van der Waals surface area contributed by atoms with Gasteiger partial charge in [-0.1, -0.05) is 46.9 Å². The van der Waals surface area contributed by atoms with Crippen molar-refractivity contribution in [3.8, 4) is 0 Å². The van der Waals surface area contributed by atoms with Crippen LogP contribution in [0.15, 0.2) is 36.4 Å². The van der Waals surface area contributed by atoms with Crippen LogP contribution in [-0.4, -0.2) is 32.0 Å². The van der Waals surface area contributed by atoms with Crippen LogP contribution in [0.25, 0.3) is 0 Å². The lowest BCUT2D eigenvalue weighted by atomic mass is 10.2. The van der Waals surface area contributed by atoms with Crippen molar-refractivity contribution in [2.24, 2.45) is 0 Å². The molecule has 3 N–H and O–H groups in total. The summed E-state index contributed by atoms with van der Waals surface area (Å²) >= 11 is 18.1. The van der Waals surface area contributed by atoms with Gasteiger partial charge < -0.3 is 15.5 Å². The third-order valence-electron chi connectivity index (χ3n) is 3.69. The molecule has 138 valence electrons. The first kappa shape index (κ1) is 20.5. The Morgan fingerprint density at radius 1 is 0.885 bits per heavy atom. The predicted octanol–water partition coefficient (Wildman–Crippen LogP) is 3.05. The van der Waals surface area contributed by atoms with Gasteiger partial charge in [0.05, 0.1) is 22.8 Å². The summed E-state index contributed by atoms with van der Waals surface area (Å²) < 4.78 is 0. The molecule has 0 aliphatic heterocycles. The number of para-hydroxylation sites is 1. The lowest BCUT2D eigenvalue weighted by Crippen LogP contribution is -3.11. The van der Waals surface area contributed by atoms with E-state index < -0.39 is 0 Å². The number of carbonyl (C=O) groups is 2. The summed E-state index contributed by atoms with van der Waals surface area (Å²) in [7, 11) is 1.75. The van der Waals surface area contributed by atoms with Crippen LogP contribution in [0.2, 0.25) is 15.1 Å². The van der Waals surface area contributed by atoms with Gasteiger partial charge in [-0.25, -0.2) is 0 Å². The highest BCUT2D eigenvalue weighted by molar-refractivity contribution is 6.39. The van der Waals surface area contributed by atoms with Crippen LogP contribution >= 0.6 is 34.8 Å². The van der Waals surface area contributed by atoms with Crippen LogP contribution < -0.4 is 15.5 Å². The number of anilines is 2. The number of halogens is 3. The van der Waals surface area contributed by atoms with Crippen LogP contribution in [0.5, 0.6) is 0 Å². The van der Waals surface area contributed by atoms with E-state index in [-0.39, 0.29) is 24.9 Å². The van der Waals surface area contributed by atoms with Crippen molar-refractivity contribution in [2.45, 2.75) is 6.92 Å². The Labute approximate surface area is 167 Å². The minimum Gasteiger partial charge on any atom is -0.322 e. The lowest BCUT2D eigenvalue weighted by Gasteiger charge is -2.15. The molecule has 0 bridgehead atoms. The molecule has 5 nitrogen and oxygen atoms in total. The Bertz CT molecular complexity index is 807. The number of rotatable bonds is 6. The largest absolute Gasteiger partial charge is 0.322 e. The van der Waals surface area contributed by atoms with Crippen molar-refractivity contribution in [3.63, 3.8) is 0 Å². The van der Waals surface area contributed by atoms with Crippen LogP contribution in [-0.2, 0) is 9.59 Å². The second-order valence-electron chi connectivity index (χ2n) is 5.92. The van der Waals surface area contributed by atoms with Crippen molar-refractivity contribution in [3.05, 3.63) is 57.0 Å². The van der Waals surface area contributed by atoms with E-state index in [2.05, 4.69) is 10.6 Å². The van der Waals surface area contributed by atoms with E-state index in [4.69, 9.17) is 34.8 Å². The predicted molar refractivity (Wildman–Crippen MR) is 107 cm³/mol. The summed E-state index contributed by atoms with van der Waals surface area (Å²) in [6.45, 7) is 2.04. The molecule has 0 aliphatic rings. The van der Waals surface area contributed by atoms with Crippen molar-refractivity contribution in [2.75, 3.05) is 30.8 Å². The summed E-state index contributed by atoms with van der Waals surface area (Å²) in [4.78, 5) is 25.1. The van der Waals surface area contributed by atoms with Gasteiger partial charge in [0.25, 0.3) is 11.8 Å². The molecule has 0 spiro atoms. The lowest BCUT2D eigenvalue weighted by molar-refractivity contribution is -0.862. The monoisotopic (exact) mass is 414 g/mol. The number of hydrogen-bond acceptors (Lipinski definition) is 2. The minimum atomic E-state index is -0.288. The summed E-state index contributed by atoms with van der Waals surface area (Å²) in [6, 6.07) is 10.3. The fraction of sp³-hybridized carbons (Fsp3) is 0.222. The van der Waals surface area contributed by atoms with Gasteiger partial charge in [0, 0.05) is 10.7 Å². The molecule has 2 aromatic carbocycles. The molecule has 1 unspecified atom stereocenters. The maximum Gasteiger partial charge on any atom is 0.279 e. The minimum absolute atomic E-state index is 0.0868. The summed E-state index contributed by atoms with van der Waals surface area (Å²) in [5, 5.41) is 6.78. The molecule has 0 saturated carbocycles. The van der Waals surface area contributed by atoms with E-state index in [1.165, 1.54) is 0 Å². The standard InChI is InChI=1S/C18H18Cl3N3O2/c1-11-12(19)5-4-8-15(11)22-16(25)9-24(2)10-17(26)23-18-13(20)6-3-7-14(18)21/h3-8H,9-10H2,1-2H3,(H,22,25)(H,23,26)/p+1. The van der Waals surface area contributed by atoms with Crippen LogP contribution in [0.1, 0.15) is 5.56 Å². The number of likely N-dealkylation sites (N-methyl/N-ethyl adjacent to an activating group) is 1. The van der Waals surface area contributed by atoms with Crippen molar-refractivity contribution >= 4 is 58.0 Å². The normalized spacial score (nSPS) is 11.7. The van der Waals surface area contributed by atoms with E-state index in [0.29, 0.717) is 31.3 Å². The summed E-state index contributed by atoms with van der Waals surface area (Å²) in [6.07, 6.45) is 0. The molecule has 1 atom stereocenters. The maximum atomic E-state index is 12.2. The molecule has 2 rings (SSSR count). The number of quaternary nitrogens is 1. The smallest absolute Gasteiger partial charge is 0.279 e. The third-order valence-corrected chi connectivity index (χ3v) is 4.73. The zero-order valence-electron chi connectivity index (χ0n) is 14.3. The van der Waals surface area contributed by atoms with Crippen molar-refractivity contribution in [1.82, 2.24) is 0 Å². The average molecular weight is 416 g/mol. The zero-order chi connectivity index (χ0) is 19.3. The van der Waals surface area contributed by atoms with Crippen molar-refractivity contribution in [1.29, 1.82) is 0 Å². The van der Waals surface area contributed by atoms with Gasteiger partial charge in [-0.2, -0.15) is 0 Å². The Kier molecular flexibility index (Phi) is 7.29. The highest BCUT2D eigenvalue weighted by atomic mass is 35.5. The second kappa shape index (κ2) is 9.24. The van der Waals surface area contributed by atoms with Gasteiger partial charge >= 0.3 is 0 Å². The van der Waals surface area contributed by atoms with Crippen molar-refractivity contribution < 1.29 is 14.5 Å². The van der Waals surface area contributed by atoms with Gasteiger partial charge in [-0.05, 0) is 36.8 Å². The Balaban J connectivity index is 1.89. The quantitative estimate of drug-likeness (QED) is 0.679. The molecule has 0 heterocycles. The topological polar surface area (TPSA) is 62.6 Å². The van der Waals surface area contributed by atoms with Gasteiger partial charge in [0.2, 0.25) is 0 Å². The average Bonchev–Trinajstić information content (AvgIpc) is 2.55. The Hall–Kier alpha value is -1.79. The SMILES string of the molecule is Cc1c(Cl)cccc1NC(=O)C[NH+](C)CC(=O)Nc1c(Cl)cccc1Cl. The zero-order valence-corrected chi connectivity index (χ0v) is 16.6. The first-order valence-electron chi connectivity index (χ1n) is 7.88. The summed E-state index contributed by atoms with van der Waals surface area (Å²) in [5.41, 5.74) is 1.82. The van der Waals surface area contributed by atoms with E-state index in [9.17, 15) is 9.59 Å². The summed E-state index contributed by atoms with van der Waals surface area (Å²) in [5.74, 6) is -0.499. The van der Waals surface area contributed by atoms with Gasteiger partial charge in [0.1, 0.15) is 0 Å². The van der Waals surface area contributed by atoms with E-state index in [1.54, 1.807) is 43.4 Å². The maximum absolute atomic E-state index is 12.2. The van der Waals surface area contributed by atoms with Crippen LogP contribution in [0, 0.1) is 6.92 Å². The second-order valence-corrected chi connectivity index (χ2v) is 7.14. The highest BCUT2D eigenvalue weighted by Gasteiger charge is 2.17. The molecule has 0 radical (unpaired) electrons. The molecular weight excluding hydrogens is 397 g/mol. The van der Waals surface area contributed by atoms with E-state index >= 15 is 0 Å². The molecule has 8 heteroatoms. The molecule has 2 amide bonds. The number of hydrogen-bond donors (Lipinski definition) is 3. The van der Waals surface area contributed by atoms with Crippen LogP contribution in [0.3, 0.4) is 0 Å². The van der Waals surface area contributed by atoms with Gasteiger partial charge in [-0.3, -0.25) is 9.59 Å². The first-order valence-corrected chi connectivity index (χ1v) is 9.01. The number of carbonyl (C=O) groups excluding carboxylic acids is 2. The fourth-order valence-corrected chi connectivity index (χ4v) is 3.02. The Morgan fingerprint density at radius 2 is 1.38 bits per heavy atom. The number of amides is 2. The van der Waals surface area contributed by atoms with Crippen LogP contribution in [0.4, 0.5) is 11.4 Å². The van der Waals surface area contributed by atoms with E-state index in [0.717, 1.165) is 5.56 Å². The fourth-order valence-electron chi connectivity index (χ4n) is 2.35.